The third kappa shape index (κ3) is 4.62. The fourth-order valence-electron chi connectivity index (χ4n) is 0.780. The van der Waals surface area contributed by atoms with E-state index in [1.165, 1.54) is 0 Å². The Morgan fingerprint density at radius 3 is 2.50 bits per heavy atom. The first kappa shape index (κ1) is 11.8. The minimum atomic E-state index is -0.344. The molecule has 0 rings (SSSR count). The Balaban J connectivity index is 3.96. The normalized spacial score (nSPS) is 14.1. The maximum Gasteiger partial charge on any atom is 0.232 e. The second-order valence-electron chi connectivity index (χ2n) is 3.52. The highest BCUT2D eigenvalue weighted by molar-refractivity contribution is 7.81. The van der Waals surface area contributed by atoms with E-state index in [0.717, 1.165) is 0 Å². The van der Waals surface area contributed by atoms with E-state index < -0.39 is 0 Å². The van der Waals surface area contributed by atoms with Crippen LogP contribution in [-0.4, -0.2) is 28.4 Å². The molecule has 3 nitrogen and oxygen atoms in total. The quantitative estimate of drug-likeness (QED) is 0.569. The number of rotatable bonds is 4. The van der Waals surface area contributed by atoms with Gasteiger partial charge in [-0.1, -0.05) is 0 Å². The first-order valence-electron chi connectivity index (χ1n) is 4.00. The average Bonchev–Trinajstić information content (AvgIpc) is 1.85. The molecule has 0 saturated carbocycles. The Kier molecular flexibility index (Phi) is 4.63. The molecule has 0 aliphatic rings. The van der Waals surface area contributed by atoms with Gasteiger partial charge in [-0.2, -0.15) is 12.6 Å². The van der Waals surface area contributed by atoms with Crippen molar-refractivity contribution in [2.45, 2.75) is 38.0 Å². The number of hydrogen-bond donors (Lipinski definition) is 3. The van der Waals surface area contributed by atoms with Crippen LogP contribution < -0.4 is 5.32 Å². The second-order valence-corrected chi connectivity index (χ2v) is 4.30. The van der Waals surface area contributed by atoms with Crippen molar-refractivity contribution >= 4 is 18.5 Å². The van der Waals surface area contributed by atoms with E-state index >= 15 is 0 Å². The number of amides is 1. The predicted octanol–water partition coefficient (Wildman–Crippen LogP) is 0.582. The Hall–Kier alpha value is -0.220. The summed E-state index contributed by atoms with van der Waals surface area (Å²) < 4.78 is 0. The van der Waals surface area contributed by atoms with E-state index in [2.05, 4.69) is 17.9 Å². The van der Waals surface area contributed by atoms with Gasteiger partial charge in [-0.05, 0) is 27.2 Å². The van der Waals surface area contributed by atoms with Crippen molar-refractivity contribution in [3.63, 3.8) is 0 Å². The molecule has 0 saturated heterocycles. The summed E-state index contributed by atoms with van der Waals surface area (Å²) in [4.78, 5) is 11.2. The van der Waals surface area contributed by atoms with Gasteiger partial charge in [0.2, 0.25) is 5.91 Å². The monoisotopic (exact) mass is 191 g/mol. The topological polar surface area (TPSA) is 49.3 Å². The highest BCUT2D eigenvalue weighted by Gasteiger charge is 2.21. The third-order valence-corrected chi connectivity index (χ3v) is 1.81. The number of hydrogen-bond acceptors (Lipinski definition) is 3. The molecule has 0 spiro atoms. The van der Waals surface area contributed by atoms with Crippen molar-refractivity contribution in [3.05, 3.63) is 0 Å². The summed E-state index contributed by atoms with van der Waals surface area (Å²) in [5, 5.41) is 11.2. The van der Waals surface area contributed by atoms with Crippen molar-refractivity contribution in [2.24, 2.45) is 0 Å². The first-order valence-corrected chi connectivity index (χ1v) is 4.51. The van der Waals surface area contributed by atoms with Crippen LogP contribution >= 0.6 is 12.6 Å². The van der Waals surface area contributed by atoms with Crippen molar-refractivity contribution in [1.82, 2.24) is 5.32 Å². The van der Waals surface area contributed by atoms with Gasteiger partial charge in [-0.25, -0.2) is 0 Å². The van der Waals surface area contributed by atoms with Crippen LogP contribution in [0.25, 0.3) is 0 Å². The number of nitrogens with one attached hydrogen (secondary N) is 1. The van der Waals surface area contributed by atoms with E-state index in [4.69, 9.17) is 5.11 Å². The Bertz CT molecular complexity index is 157. The van der Waals surface area contributed by atoms with E-state index in [1.807, 2.05) is 13.8 Å². The fourth-order valence-corrected chi connectivity index (χ4v) is 0.845. The molecule has 1 amide bonds. The molecule has 0 aromatic carbocycles. The van der Waals surface area contributed by atoms with E-state index in [9.17, 15) is 4.79 Å². The maximum absolute atomic E-state index is 11.2. The lowest BCUT2D eigenvalue weighted by Gasteiger charge is -2.26. The Morgan fingerprint density at radius 2 is 2.17 bits per heavy atom. The van der Waals surface area contributed by atoms with Crippen molar-refractivity contribution in [1.29, 1.82) is 0 Å². The number of aliphatic hydroxyl groups excluding tert-OH is 1. The smallest absolute Gasteiger partial charge is 0.232 e. The summed E-state index contributed by atoms with van der Waals surface area (Å²) in [5.74, 6) is -0.100. The molecule has 0 radical (unpaired) electrons. The van der Waals surface area contributed by atoms with Crippen LogP contribution in [0.1, 0.15) is 27.2 Å². The first-order chi connectivity index (χ1) is 5.39. The molecule has 12 heavy (non-hydrogen) atoms. The molecule has 0 heterocycles. The van der Waals surface area contributed by atoms with Crippen molar-refractivity contribution in [2.75, 3.05) is 6.61 Å². The summed E-state index contributed by atoms with van der Waals surface area (Å²) in [5.41, 5.74) is -0.344. The largest absolute Gasteiger partial charge is 0.396 e. The highest BCUT2D eigenvalue weighted by Crippen LogP contribution is 2.08. The molecule has 0 aliphatic carbocycles. The lowest BCUT2D eigenvalue weighted by atomic mass is 10.0. The molecule has 1 atom stereocenters. The molecule has 0 aliphatic heterocycles. The van der Waals surface area contributed by atoms with E-state index in [-0.39, 0.29) is 23.3 Å². The van der Waals surface area contributed by atoms with Gasteiger partial charge in [0.25, 0.3) is 0 Å². The summed E-state index contributed by atoms with van der Waals surface area (Å²) >= 11 is 4.00. The van der Waals surface area contributed by atoms with Crippen LogP contribution in [0.4, 0.5) is 0 Å². The van der Waals surface area contributed by atoms with Crippen LogP contribution in [-0.2, 0) is 4.79 Å². The third-order valence-electron chi connectivity index (χ3n) is 1.58. The van der Waals surface area contributed by atoms with Gasteiger partial charge >= 0.3 is 0 Å². The number of carbonyl (C=O) groups excluding carboxylic acids is 1. The van der Waals surface area contributed by atoms with Crippen LogP contribution in [0.15, 0.2) is 0 Å². The fraction of sp³-hybridized carbons (Fsp3) is 0.875. The molecule has 2 N–H and O–H groups in total. The average molecular weight is 191 g/mol. The zero-order chi connectivity index (χ0) is 9.78. The highest BCUT2D eigenvalue weighted by atomic mass is 32.1. The Morgan fingerprint density at radius 1 is 1.67 bits per heavy atom. The molecule has 4 heteroatoms. The van der Waals surface area contributed by atoms with Gasteiger partial charge < -0.3 is 10.4 Å². The van der Waals surface area contributed by atoms with Crippen molar-refractivity contribution in [3.8, 4) is 0 Å². The molecular weight excluding hydrogens is 174 g/mol. The number of carbonyl (C=O) groups is 1. The summed E-state index contributed by atoms with van der Waals surface area (Å²) in [6.07, 6.45) is 0.555. The molecule has 72 valence electrons. The molecular formula is C8H17NO2S. The SMILES string of the molecule is CC(S)C(=O)NC(C)(C)CCO. The molecule has 0 bridgehead atoms. The summed E-state index contributed by atoms with van der Waals surface area (Å²) in [7, 11) is 0. The van der Waals surface area contributed by atoms with Gasteiger partial charge in [0, 0.05) is 12.1 Å². The van der Waals surface area contributed by atoms with Gasteiger partial charge in [0.05, 0.1) is 5.25 Å². The summed E-state index contributed by atoms with van der Waals surface area (Å²) in [6, 6.07) is 0. The van der Waals surface area contributed by atoms with E-state index in [0.29, 0.717) is 6.42 Å². The van der Waals surface area contributed by atoms with Gasteiger partial charge in [0.1, 0.15) is 0 Å². The maximum atomic E-state index is 11.2. The van der Waals surface area contributed by atoms with E-state index in [1.54, 1.807) is 6.92 Å². The zero-order valence-electron chi connectivity index (χ0n) is 7.79. The standard InChI is InChI=1S/C8H17NO2S/c1-6(12)7(11)9-8(2,3)4-5-10/h6,10,12H,4-5H2,1-3H3,(H,9,11). The number of thiol groups is 1. The van der Waals surface area contributed by atoms with Crippen LogP contribution in [0.3, 0.4) is 0 Å². The van der Waals surface area contributed by atoms with Crippen LogP contribution in [0, 0.1) is 0 Å². The lowest BCUT2D eigenvalue weighted by Crippen LogP contribution is -2.46. The molecule has 0 aromatic rings. The van der Waals surface area contributed by atoms with Crippen molar-refractivity contribution < 1.29 is 9.90 Å². The number of aliphatic hydroxyl groups is 1. The minimum absolute atomic E-state index is 0.0776. The van der Waals surface area contributed by atoms with Crippen LogP contribution in [0.2, 0.25) is 0 Å². The molecule has 1 unspecified atom stereocenters. The minimum Gasteiger partial charge on any atom is -0.396 e. The predicted molar refractivity (Wildman–Crippen MR) is 52.4 cm³/mol. The molecule has 0 fully saturated rings. The van der Waals surface area contributed by atoms with Crippen LogP contribution in [0.5, 0.6) is 0 Å². The van der Waals surface area contributed by atoms with Gasteiger partial charge in [0.15, 0.2) is 0 Å². The molecule has 0 aromatic heterocycles. The second kappa shape index (κ2) is 4.72. The summed E-state index contributed by atoms with van der Waals surface area (Å²) in [6.45, 7) is 5.54. The lowest BCUT2D eigenvalue weighted by molar-refractivity contribution is -0.121. The van der Waals surface area contributed by atoms with Gasteiger partial charge in [-0.15, -0.1) is 0 Å². The van der Waals surface area contributed by atoms with Gasteiger partial charge in [-0.3, -0.25) is 4.79 Å². The zero-order valence-corrected chi connectivity index (χ0v) is 8.69. The Labute approximate surface area is 79.0 Å².